The molecule has 0 aromatic heterocycles. The number of sulfonamides is 1. The molecule has 226 valence electrons. The van der Waals surface area contributed by atoms with E-state index in [0.29, 0.717) is 21.0 Å². The Kier molecular flexibility index (Phi) is 10.00. The summed E-state index contributed by atoms with van der Waals surface area (Å²) in [6.07, 6.45) is -4.75. The summed E-state index contributed by atoms with van der Waals surface area (Å²) in [5.74, 6) is -1.29. The predicted molar refractivity (Wildman–Crippen MR) is 157 cm³/mol. The highest BCUT2D eigenvalue weighted by molar-refractivity contribution is 7.92. The van der Waals surface area contributed by atoms with Crippen molar-refractivity contribution in [2.45, 2.75) is 63.8 Å². The van der Waals surface area contributed by atoms with Gasteiger partial charge in [0.2, 0.25) is 11.8 Å². The molecule has 0 radical (unpaired) electrons. The Bertz CT molecular complexity index is 1520. The van der Waals surface area contributed by atoms with Crippen molar-refractivity contribution in [3.8, 4) is 0 Å². The molecule has 0 heterocycles. The van der Waals surface area contributed by atoms with Crippen LogP contribution in [-0.2, 0) is 32.3 Å². The second kappa shape index (κ2) is 12.7. The van der Waals surface area contributed by atoms with E-state index in [2.05, 4.69) is 5.32 Å². The standard InChI is InChI=1S/C30H33ClF3N3O4S/c1-20-9-15-26(16-10-20)42(40,41)37(25-8-6-7-23(17-25)30(32,33)34)19-27(38)36(18-22-11-13-24(31)14-12-22)21(2)28(39)35-29(3,4)5/h6-17,21H,18-19H2,1-5H3,(H,35,39)/t21-/m1/s1. The number of hydrogen-bond acceptors (Lipinski definition) is 4. The van der Waals surface area contributed by atoms with Crippen LogP contribution >= 0.6 is 11.6 Å². The highest BCUT2D eigenvalue weighted by Gasteiger charge is 2.35. The zero-order valence-electron chi connectivity index (χ0n) is 23.9. The molecule has 0 saturated heterocycles. The van der Waals surface area contributed by atoms with Crippen molar-refractivity contribution < 1.29 is 31.2 Å². The van der Waals surface area contributed by atoms with Crippen LogP contribution in [-0.4, -0.2) is 43.3 Å². The third-order valence-corrected chi connectivity index (χ3v) is 8.32. The number of benzene rings is 3. The highest BCUT2D eigenvalue weighted by Crippen LogP contribution is 2.33. The molecule has 0 aliphatic carbocycles. The van der Waals surface area contributed by atoms with Crippen LogP contribution in [0.15, 0.2) is 77.7 Å². The molecule has 12 heteroatoms. The van der Waals surface area contributed by atoms with Gasteiger partial charge in [0, 0.05) is 17.1 Å². The number of halogens is 4. The number of aryl methyl sites for hydroxylation is 1. The molecule has 3 rings (SSSR count). The molecule has 0 spiro atoms. The van der Waals surface area contributed by atoms with E-state index in [9.17, 15) is 31.2 Å². The molecule has 3 aromatic rings. The summed E-state index contributed by atoms with van der Waals surface area (Å²) < 4.78 is 69.1. The van der Waals surface area contributed by atoms with E-state index < -0.39 is 51.7 Å². The van der Waals surface area contributed by atoms with Crippen molar-refractivity contribution in [3.63, 3.8) is 0 Å². The zero-order chi connectivity index (χ0) is 31.5. The van der Waals surface area contributed by atoms with Gasteiger partial charge in [-0.25, -0.2) is 8.42 Å². The first-order chi connectivity index (χ1) is 19.4. The lowest BCUT2D eigenvalue weighted by atomic mass is 10.1. The second-order valence-electron chi connectivity index (χ2n) is 10.9. The number of anilines is 1. The largest absolute Gasteiger partial charge is 0.416 e. The fraction of sp³-hybridized carbons (Fsp3) is 0.333. The fourth-order valence-electron chi connectivity index (χ4n) is 4.05. The molecule has 0 bridgehead atoms. The minimum Gasteiger partial charge on any atom is -0.350 e. The van der Waals surface area contributed by atoms with Gasteiger partial charge in [0.05, 0.1) is 16.1 Å². The molecule has 0 fully saturated rings. The van der Waals surface area contributed by atoms with Crippen molar-refractivity contribution in [3.05, 3.63) is 94.5 Å². The molecule has 0 unspecified atom stereocenters. The number of amides is 2. The normalized spacial score (nSPS) is 12.9. The maximum absolute atomic E-state index is 13.9. The van der Waals surface area contributed by atoms with Gasteiger partial charge < -0.3 is 10.2 Å². The Balaban J connectivity index is 2.10. The van der Waals surface area contributed by atoms with Gasteiger partial charge in [-0.3, -0.25) is 13.9 Å². The summed E-state index contributed by atoms with van der Waals surface area (Å²) >= 11 is 6.00. The number of carbonyl (C=O) groups excluding carboxylic acids is 2. The maximum atomic E-state index is 13.9. The van der Waals surface area contributed by atoms with E-state index in [1.165, 1.54) is 30.0 Å². The predicted octanol–water partition coefficient (Wildman–Crippen LogP) is 6.19. The average Bonchev–Trinajstić information content (AvgIpc) is 2.89. The van der Waals surface area contributed by atoms with Gasteiger partial charge in [-0.1, -0.05) is 47.5 Å². The van der Waals surface area contributed by atoms with Crippen LogP contribution in [0.5, 0.6) is 0 Å². The topological polar surface area (TPSA) is 86.8 Å². The minimum atomic E-state index is -4.75. The molecular formula is C30H33ClF3N3O4S. The van der Waals surface area contributed by atoms with Crippen molar-refractivity contribution in [1.29, 1.82) is 0 Å². The molecule has 0 saturated carbocycles. The molecule has 0 aliphatic rings. The molecular weight excluding hydrogens is 591 g/mol. The second-order valence-corrected chi connectivity index (χ2v) is 13.2. The molecule has 2 amide bonds. The first-order valence-electron chi connectivity index (χ1n) is 13.0. The lowest BCUT2D eigenvalue weighted by Gasteiger charge is -2.33. The molecule has 3 aromatic carbocycles. The van der Waals surface area contributed by atoms with Crippen LogP contribution in [0.1, 0.15) is 44.4 Å². The van der Waals surface area contributed by atoms with Crippen molar-refractivity contribution in [2.24, 2.45) is 0 Å². The number of alkyl halides is 3. The number of nitrogens with zero attached hydrogens (tertiary/aromatic N) is 2. The monoisotopic (exact) mass is 623 g/mol. The zero-order valence-corrected chi connectivity index (χ0v) is 25.4. The van der Waals surface area contributed by atoms with Crippen molar-refractivity contribution >= 4 is 39.1 Å². The van der Waals surface area contributed by atoms with Crippen molar-refractivity contribution in [2.75, 3.05) is 10.8 Å². The van der Waals surface area contributed by atoms with Gasteiger partial charge >= 0.3 is 6.18 Å². The Morgan fingerprint density at radius 1 is 0.952 bits per heavy atom. The SMILES string of the molecule is Cc1ccc(S(=O)(=O)N(CC(=O)N(Cc2ccc(Cl)cc2)[C@H](C)C(=O)NC(C)(C)C)c2cccc(C(F)(F)F)c2)cc1. The van der Waals surface area contributed by atoms with Crippen LogP contribution in [0.2, 0.25) is 5.02 Å². The van der Waals surface area contributed by atoms with E-state index in [1.807, 2.05) is 0 Å². The first kappa shape index (κ1) is 32.9. The first-order valence-corrected chi connectivity index (χ1v) is 14.8. The van der Waals surface area contributed by atoms with Gasteiger partial charge in [-0.15, -0.1) is 0 Å². The third-order valence-electron chi connectivity index (χ3n) is 6.28. The van der Waals surface area contributed by atoms with E-state index in [4.69, 9.17) is 11.6 Å². The van der Waals surface area contributed by atoms with Crippen LogP contribution < -0.4 is 9.62 Å². The fourth-order valence-corrected chi connectivity index (χ4v) is 5.58. The van der Waals surface area contributed by atoms with E-state index >= 15 is 0 Å². The molecule has 42 heavy (non-hydrogen) atoms. The van der Waals surface area contributed by atoms with E-state index in [1.54, 1.807) is 64.1 Å². The Labute approximate surface area is 249 Å². The van der Waals surface area contributed by atoms with Crippen LogP contribution in [0.25, 0.3) is 0 Å². The molecule has 7 nitrogen and oxygen atoms in total. The van der Waals surface area contributed by atoms with Gasteiger partial charge in [0.25, 0.3) is 10.0 Å². The minimum absolute atomic E-state index is 0.0876. The molecule has 1 atom stereocenters. The van der Waals surface area contributed by atoms with Crippen LogP contribution in [0, 0.1) is 6.92 Å². The summed E-state index contributed by atoms with van der Waals surface area (Å²) in [4.78, 5) is 28.0. The Morgan fingerprint density at radius 2 is 1.55 bits per heavy atom. The Hall–Kier alpha value is -3.57. The van der Waals surface area contributed by atoms with Crippen LogP contribution in [0.3, 0.4) is 0 Å². The summed E-state index contributed by atoms with van der Waals surface area (Å²) in [6.45, 7) is 7.61. The maximum Gasteiger partial charge on any atom is 0.416 e. The number of nitrogens with one attached hydrogen (secondary N) is 1. The smallest absolute Gasteiger partial charge is 0.350 e. The summed E-state index contributed by atoms with van der Waals surface area (Å²) in [5.41, 5.74) is -0.678. The lowest BCUT2D eigenvalue weighted by molar-refractivity contribution is -0.140. The summed E-state index contributed by atoms with van der Waals surface area (Å²) in [7, 11) is -4.51. The van der Waals surface area contributed by atoms with Gasteiger partial charge in [-0.05, 0) is 82.6 Å². The number of rotatable bonds is 9. The highest BCUT2D eigenvalue weighted by atomic mass is 35.5. The van der Waals surface area contributed by atoms with Gasteiger partial charge in [0.1, 0.15) is 12.6 Å². The van der Waals surface area contributed by atoms with Gasteiger partial charge in [0.15, 0.2) is 0 Å². The lowest BCUT2D eigenvalue weighted by Crippen LogP contribution is -2.54. The molecule has 1 N–H and O–H groups in total. The van der Waals surface area contributed by atoms with Crippen LogP contribution in [0.4, 0.5) is 18.9 Å². The van der Waals surface area contributed by atoms with E-state index in [0.717, 1.165) is 17.7 Å². The van der Waals surface area contributed by atoms with Crippen molar-refractivity contribution in [1.82, 2.24) is 10.2 Å². The average molecular weight is 624 g/mol. The van der Waals surface area contributed by atoms with Gasteiger partial charge in [-0.2, -0.15) is 13.2 Å². The summed E-state index contributed by atoms with van der Waals surface area (Å²) in [6, 6.07) is 15.0. The van der Waals surface area contributed by atoms with E-state index in [-0.39, 0.29) is 17.1 Å². The number of carbonyl (C=O) groups is 2. The third kappa shape index (κ3) is 8.48. The quantitative estimate of drug-likeness (QED) is 0.308. The summed E-state index contributed by atoms with van der Waals surface area (Å²) in [5, 5.41) is 3.26. The number of hydrogen-bond donors (Lipinski definition) is 1. The molecule has 0 aliphatic heterocycles. The Morgan fingerprint density at radius 3 is 2.10 bits per heavy atom.